The average molecular weight is 841 g/mol. The number of hydrogen-bond acceptors (Lipinski definition) is 10. The van der Waals surface area contributed by atoms with Gasteiger partial charge in [-0.05, 0) is 92.5 Å². The fraction of sp³-hybridized carbons (Fsp3) is 0.604. The molecule has 5 heterocycles. The molecule has 13 heteroatoms. The number of hydrogen-bond donors (Lipinski definition) is 2. The Morgan fingerprint density at radius 3 is 2.64 bits per heavy atom. The number of aromatic hydroxyl groups is 1. The van der Waals surface area contributed by atoms with Crippen molar-refractivity contribution >= 4 is 22.5 Å². The third-order valence-corrected chi connectivity index (χ3v) is 14.3. The van der Waals surface area contributed by atoms with Crippen LogP contribution in [0.2, 0.25) is 0 Å². The van der Waals surface area contributed by atoms with E-state index in [2.05, 4.69) is 60.2 Å². The van der Waals surface area contributed by atoms with Gasteiger partial charge in [-0.15, -0.1) is 6.42 Å². The molecule has 5 atom stereocenters. The quantitative estimate of drug-likeness (QED) is 0.172. The summed E-state index contributed by atoms with van der Waals surface area (Å²) in [4.78, 5) is 29.7. The average Bonchev–Trinajstić information content (AvgIpc) is 3.43. The van der Waals surface area contributed by atoms with Crippen molar-refractivity contribution in [3.63, 3.8) is 0 Å². The summed E-state index contributed by atoms with van der Waals surface area (Å²) in [6, 6.07) is 7.30. The number of phenolic OH excluding ortho intramolecular Hbond substituents is 1. The van der Waals surface area contributed by atoms with Crippen LogP contribution < -0.4 is 19.7 Å². The first kappa shape index (κ1) is 43.2. The molecule has 1 unspecified atom stereocenters. The number of ether oxygens (including phenoxy) is 3. The summed E-state index contributed by atoms with van der Waals surface area (Å²) in [5, 5.41) is 15.1. The van der Waals surface area contributed by atoms with Gasteiger partial charge in [0.15, 0.2) is 11.6 Å². The maximum atomic E-state index is 16.0. The maximum absolute atomic E-state index is 16.0. The molecule has 3 aromatic rings. The third kappa shape index (κ3) is 8.65. The van der Waals surface area contributed by atoms with Gasteiger partial charge in [-0.1, -0.05) is 39.3 Å². The third-order valence-electron chi connectivity index (χ3n) is 14.3. The zero-order valence-electron chi connectivity index (χ0n) is 36.2. The number of nitrogens with one attached hydrogen (secondary N) is 1. The first-order valence-electron chi connectivity index (χ1n) is 22.3. The van der Waals surface area contributed by atoms with E-state index in [-0.39, 0.29) is 59.9 Å². The van der Waals surface area contributed by atoms with Crippen LogP contribution in [0.3, 0.4) is 0 Å². The topological polar surface area (TPSA) is 113 Å². The van der Waals surface area contributed by atoms with Crippen LogP contribution in [0, 0.1) is 23.6 Å². The van der Waals surface area contributed by atoms with E-state index >= 15 is 8.78 Å². The second kappa shape index (κ2) is 17.7. The Morgan fingerprint density at radius 2 is 1.90 bits per heavy atom. The highest BCUT2D eigenvalue weighted by molar-refractivity contribution is 5.93. The van der Waals surface area contributed by atoms with E-state index in [0.717, 1.165) is 64.7 Å². The number of amides is 1. The van der Waals surface area contributed by atoms with Crippen LogP contribution >= 0.6 is 0 Å². The van der Waals surface area contributed by atoms with Crippen LogP contribution in [0.4, 0.5) is 14.6 Å². The van der Waals surface area contributed by atoms with Gasteiger partial charge >= 0.3 is 6.01 Å². The molecule has 11 nitrogen and oxygen atoms in total. The van der Waals surface area contributed by atoms with Crippen molar-refractivity contribution in [3.05, 3.63) is 59.6 Å². The number of rotatable bonds is 9. The standard InChI is InChI=1S/C48H62F2N6O5/c1-7-38-40(50)17-12-31-21-37(57)23-39(43(31)38)32-22-41-44(60-28-32)45(54-18-10-9-11-34(26-54)51-42(58)8-2)53-46(52-41)61-29-48(47(4,5)6)24-33(49)25-56(48)36-15-13-35(14-16-36)55-19-20-59-27-30(55)3/h1,8,12,17,21,23,30,32-36,57H,2,9-11,13-16,18-20,22,24-29H2,3-6H3,(H,51,58)/t30-,32-,33+,34?,35?,36?,48-/m0/s1. The molecule has 4 fully saturated rings. The van der Waals surface area contributed by atoms with E-state index in [1.807, 2.05) is 0 Å². The van der Waals surface area contributed by atoms with Gasteiger partial charge in [-0.25, -0.2) is 8.78 Å². The lowest BCUT2D eigenvalue weighted by atomic mass is 9.71. The van der Waals surface area contributed by atoms with Crippen LogP contribution in [-0.2, 0) is 16.0 Å². The zero-order valence-corrected chi connectivity index (χ0v) is 36.2. The van der Waals surface area contributed by atoms with Crippen LogP contribution in [0.1, 0.15) is 102 Å². The highest BCUT2D eigenvalue weighted by Crippen LogP contribution is 2.49. The van der Waals surface area contributed by atoms with Gasteiger partial charge in [0, 0.05) is 74.5 Å². The van der Waals surface area contributed by atoms with Gasteiger partial charge in [-0.2, -0.15) is 9.97 Å². The molecular formula is C48H62F2N6O5. The first-order chi connectivity index (χ1) is 29.3. The minimum absolute atomic E-state index is 0.0383. The van der Waals surface area contributed by atoms with Gasteiger partial charge in [0.05, 0.1) is 36.6 Å². The smallest absolute Gasteiger partial charge is 0.318 e. The maximum Gasteiger partial charge on any atom is 0.318 e. The van der Waals surface area contributed by atoms with E-state index in [1.165, 1.54) is 12.1 Å². The number of aromatic nitrogens is 2. The summed E-state index contributed by atoms with van der Waals surface area (Å²) in [6.07, 6.45) is 13.6. The van der Waals surface area contributed by atoms with E-state index in [0.29, 0.717) is 78.2 Å². The summed E-state index contributed by atoms with van der Waals surface area (Å²) >= 11 is 0. The number of carbonyl (C=O) groups excluding carboxylic acids is 1. The molecule has 2 N–H and O–H groups in total. The van der Waals surface area contributed by atoms with Gasteiger partial charge < -0.3 is 29.5 Å². The molecule has 0 radical (unpaired) electrons. The Kier molecular flexibility index (Phi) is 12.5. The molecule has 4 aliphatic heterocycles. The number of anilines is 1. The van der Waals surface area contributed by atoms with Crippen LogP contribution in [0.5, 0.6) is 17.5 Å². The summed E-state index contributed by atoms with van der Waals surface area (Å²) in [5.41, 5.74) is 0.420. The van der Waals surface area contributed by atoms with Gasteiger partial charge in [0.2, 0.25) is 5.91 Å². The van der Waals surface area contributed by atoms with E-state index in [1.54, 1.807) is 18.2 Å². The van der Waals surface area contributed by atoms with Crippen molar-refractivity contribution in [2.24, 2.45) is 5.41 Å². The summed E-state index contributed by atoms with van der Waals surface area (Å²) in [7, 11) is 0. The molecule has 1 aromatic heterocycles. The second-order valence-corrected chi connectivity index (χ2v) is 19.0. The Labute approximate surface area is 359 Å². The van der Waals surface area contributed by atoms with Crippen molar-refractivity contribution < 1.29 is 32.9 Å². The molecule has 0 bridgehead atoms. The van der Waals surface area contributed by atoms with Crippen molar-refractivity contribution in [3.8, 4) is 29.9 Å². The van der Waals surface area contributed by atoms with Crippen LogP contribution in [0.15, 0.2) is 36.9 Å². The number of fused-ring (bicyclic) bond motifs is 2. The largest absolute Gasteiger partial charge is 0.508 e. The Bertz CT molecular complexity index is 2150. The first-order valence-corrected chi connectivity index (χ1v) is 22.3. The fourth-order valence-electron chi connectivity index (χ4n) is 11.0. The fourth-order valence-corrected chi connectivity index (χ4v) is 11.0. The van der Waals surface area contributed by atoms with Crippen LogP contribution in [0.25, 0.3) is 10.8 Å². The molecule has 1 saturated carbocycles. The Hall–Kier alpha value is -4.51. The van der Waals surface area contributed by atoms with Gasteiger partial charge in [0.1, 0.15) is 24.3 Å². The van der Waals surface area contributed by atoms with Crippen molar-refractivity contribution in [2.75, 3.05) is 57.5 Å². The molecule has 61 heavy (non-hydrogen) atoms. The predicted octanol–water partition coefficient (Wildman–Crippen LogP) is 7.08. The monoisotopic (exact) mass is 840 g/mol. The lowest BCUT2D eigenvalue weighted by molar-refractivity contribution is -0.117. The molecule has 0 spiro atoms. The number of alkyl halides is 1. The van der Waals surface area contributed by atoms with Gasteiger partial charge in [-0.3, -0.25) is 14.6 Å². The van der Waals surface area contributed by atoms with Crippen LogP contribution in [-0.4, -0.2) is 119 Å². The molecule has 5 aliphatic rings. The van der Waals surface area contributed by atoms with E-state index in [4.69, 9.17) is 30.6 Å². The Morgan fingerprint density at radius 1 is 1.11 bits per heavy atom. The van der Waals surface area contributed by atoms with Crippen molar-refractivity contribution in [1.29, 1.82) is 0 Å². The number of benzene rings is 2. The van der Waals surface area contributed by atoms with E-state index in [9.17, 15) is 9.90 Å². The summed E-state index contributed by atoms with van der Waals surface area (Å²) in [5.74, 6) is 2.58. The second-order valence-electron chi connectivity index (χ2n) is 19.0. The molecule has 1 aliphatic carbocycles. The van der Waals surface area contributed by atoms with Crippen molar-refractivity contribution in [2.45, 2.75) is 127 Å². The van der Waals surface area contributed by atoms with Crippen molar-refractivity contribution in [1.82, 2.24) is 25.1 Å². The summed E-state index contributed by atoms with van der Waals surface area (Å²) < 4.78 is 50.3. The highest BCUT2D eigenvalue weighted by Gasteiger charge is 2.56. The SMILES string of the molecule is C#Cc1c(F)ccc2cc(O)cc([C@@H]3COc4c(nc(OC[C@]5(C(C)(C)C)C[C@@H](F)CN5C5CCC(N6CCOC[C@@H]6C)CC5)nc4N4CCCCC(NC(=O)C=C)C4)C3)c12. The molecule has 2 aromatic carbocycles. The molecular weight excluding hydrogens is 779 g/mol. The lowest BCUT2D eigenvalue weighted by Gasteiger charge is -2.52. The zero-order chi connectivity index (χ0) is 43.1. The van der Waals surface area contributed by atoms with Gasteiger partial charge in [0.25, 0.3) is 0 Å². The minimum Gasteiger partial charge on any atom is -0.508 e. The molecule has 8 rings (SSSR count). The van der Waals surface area contributed by atoms with E-state index < -0.39 is 17.5 Å². The molecule has 3 saturated heterocycles. The number of likely N-dealkylation sites (tertiary alicyclic amines) is 1. The predicted molar refractivity (Wildman–Crippen MR) is 233 cm³/mol. The Balaban J connectivity index is 1.13. The number of phenols is 1. The molecule has 1 amide bonds. The number of terminal acetylenes is 1. The number of morpholine rings is 1. The number of halogens is 2. The number of nitrogens with zero attached hydrogens (tertiary/aromatic N) is 5. The summed E-state index contributed by atoms with van der Waals surface area (Å²) in [6.45, 7) is 16.9. The lowest BCUT2D eigenvalue weighted by Crippen LogP contribution is -2.61. The normalized spacial score (nSPS) is 29.0. The minimum atomic E-state index is -0.997. The highest BCUT2D eigenvalue weighted by atomic mass is 19.1. The number of carbonyl (C=O) groups is 1. The molecule has 328 valence electrons.